The highest BCUT2D eigenvalue weighted by Crippen LogP contribution is 2.24. The van der Waals surface area contributed by atoms with Crippen LogP contribution < -0.4 is 20.9 Å². The van der Waals surface area contributed by atoms with Crippen molar-refractivity contribution in [3.05, 3.63) is 23.8 Å². The molecule has 4 N–H and O–H groups in total. The number of aliphatic imine (C=N–C) groups is 2. The van der Waals surface area contributed by atoms with Crippen LogP contribution in [0.2, 0.25) is 0 Å². The maximum Gasteiger partial charge on any atom is 0.217 e. The number of hydrogen-bond donors (Lipinski definition) is 2. The van der Waals surface area contributed by atoms with Crippen LogP contribution in [0, 0.1) is 5.92 Å². The van der Waals surface area contributed by atoms with Crippen LogP contribution in [0.5, 0.6) is 11.5 Å². The van der Waals surface area contributed by atoms with Gasteiger partial charge in [0.25, 0.3) is 0 Å². The van der Waals surface area contributed by atoms with Crippen molar-refractivity contribution < 1.29 is 9.47 Å². The molecule has 0 bridgehead atoms. The molecule has 0 amide bonds. The Kier molecular flexibility index (Phi) is 3.89. The predicted molar refractivity (Wildman–Crippen MR) is 74.9 cm³/mol. The van der Waals surface area contributed by atoms with Gasteiger partial charge in [-0.15, -0.1) is 0 Å². The van der Waals surface area contributed by atoms with Crippen LogP contribution >= 0.6 is 0 Å². The number of guanidine groups is 1. The first-order valence-electron chi connectivity index (χ1n) is 5.98. The average molecular weight is 262 g/mol. The fourth-order valence-electron chi connectivity index (χ4n) is 1.99. The molecule has 1 aliphatic heterocycles. The smallest absolute Gasteiger partial charge is 0.217 e. The minimum atomic E-state index is 0.0594. The average Bonchev–Trinajstić information content (AvgIpc) is 2.41. The molecular formula is C13H18N4O2. The number of nitrogens with two attached hydrogens (primary N) is 2. The summed E-state index contributed by atoms with van der Waals surface area (Å²) >= 11 is 0. The van der Waals surface area contributed by atoms with Gasteiger partial charge in [-0.1, -0.05) is 0 Å². The van der Waals surface area contributed by atoms with Crippen LogP contribution in [0.1, 0.15) is 5.56 Å². The predicted octanol–water partition coefficient (Wildman–Crippen LogP) is 0.548. The third-order valence-corrected chi connectivity index (χ3v) is 3.03. The van der Waals surface area contributed by atoms with Gasteiger partial charge in [0.1, 0.15) is 17.3 Å². The Labute approximate surface area is 112 Å². The second-order valence-electron chi connectivity index (χ2n) is 4.36. The van der Waals surface area contributed by atoms with E-state index in [-0.39, 0.29) is 11.9 Å². The molecule has 2 rings (SSSR count). The van der Waals surface area contributed by atoms with E-state index in [0.717, 1.165) is 23.5 Å². The maximum atomic E-state index is 5.89. The Balaban J connectivity index is 2.17. The first kappa shape index (κ1) is 13.2. The SMILES string of the molecule is COc1cc(CC2CN=C(N)N=C2N)cc(OC)c1. The van der Waals surface area contributed by atoms with E-state index < -0.39 is 0 Å². The number of methoxy groups -OCH3 is 2. The fourth-order valence-corrected chi connectivity index (χ4v) is 1.99. The van der Waals surface area contributed by atoms with E-state index >= 15 is 0 Å². The van der Waals surface area contributed by atoms with Crippen molar-refractivity contribution in [1.29, 1.82) is 0 Å². The van der Waals surface area contributed by atoms with Gasteiger partial charge in [-0.05, 0) is 24.1 Å². The van der Waals surface area contributed by atoms with Crippen molar-refractivity contribution in [1.82, 2.24) is 0 Å². The highest BCUT2D eigenvalue weighted by atomic mass is 16.5. The lowest BCUT2D eigenvalue weighted by Gasteiger charge is -2.18. The number of amidine groups is 1. The van der Waals surface area contributed by atoms with E-state index in [1.54, 1.807) is 14.2 Å². The van der Waals surface area contributed by atoms with E-state index in [1.807, 2.05) is 18.2 Å². The summed E-state index contributed by atoms with van der Waals surface area (Å²) in [4.78, 5) is 8.11. The van der Waals surface area contributed by atoms with Crippen molar-refractivity contribution in [2.45, 2.75) is 6.42 Å². The minimum Gasteiger partial charge on any atom is -0.497 e. The van der Waals surface area contributed by atoms with Crippen LogP contribution in [0.3, 0.4) is 0 Å². The van der Waals surface area contributed by atoms with Gasteiger partial charge in [-0.3, -0.25) is 4.99 Å². The molecule has 6 nitrogen and oxygen atoms in total. The lowest BCUT2D eigenvalue weighted by atomic mass is 9.97. The molecular weight excluding hydrogens is 244 g/mol. The number of ether oxygens (including phenoxy) is 2. The molecule has 1 aromatic rings. The van der Waals surface area contributed by atoms with Crippen LogP contribution in [-0.2, 0) is 6.42 Å². The largest absolute Gasteiger partial charge is 0.497 e. The van der Waals surface area contributed by atoms with E-state index in [0.29, 0.717) is 12.4 Å². The number of benzene rings is 1. The molecule has 1 heterocycles. The number of rotatable bonds is 4. The molecule has 0 aromatic heterocycles. The summed E-state index contributed by atoms with van der Waals surface area (Å²) in [6, 6.07) is 5.74. The zero-order chi connectivity index (χ0) is 13.8. The second kappa shape index (κ2) is 5.60. The van der Waals surface area contributed by atoms with E-state index in [2.05, 4.69) is 9.98 Å². The van der Waals surface area contributed by atoms with E-state index in [1.165, 1.54) is 0 Å². The zero-order valence-corrected chi connectivity index (χ0v) is 11.1. The normalized spacial score (nSPS) is 18.5. The summed E-state index contributed by atoms with van der Waals surface area (Å²) in [7, 11) is 3.25. The Bertz CT molecular complexity index is 503. The molecule has 19 heavy (non-hydrogen) atoms. The molecule has 1 aromatic carbocycles. The molecule has 0 aliphatic carbocycles. The van der Waals surface area contributed by atoms with Gasteiger partial charge >= 0.3 is 0 Å². The topological polar surface area (TPSA) is 95.2 Å². The van der Waals surface area contributed by atoms with Crippen molar-refractivity contribution in [3.8, 4) is 11.5 Å². The van der Waals surface area contributed by atoms with Gasteiger partial charge < -0.3 is 20.9 Å². The highest BCUT2D eigenvalue weighted by Gasteiger charge is 2.18. The molecule has 0 spiro atoms. The summed E-state index contributed by atoms with van der Waals surface area (Å²) in [6.07, 6.45) is 0.722. The van der Waals surface area contributed by atoms with E-state index in [4.69, 9.17) is 20.9 Å². The summed E-state index contributed by atoms with van der Waals surface area (Å²) in [5.74, 6) is 2.34. The van der Waals surface area contributed by atoms with E-state index in [9.17, 15) is 0 Å². The molecule has 0 radical (unpaired) electrons. The van der Waals surface area contributed by atoms with Crippen LogP contribution in [0.15, 0.2) is 28.2 Å². The molecule has 6 heteroatoms. The zero-order valence-electron chi connectivity index (χ0n) is 11.1. The quantitative estimate of drug-likeness (QED) is 0.828. The van der Waals surface area contributed by atoms with Gasteiger partial charge in [0.05, 0.1) is 20.8 Å². The first-order chi connectivity index (χ1) is 9.12. The number of nitrogens with zero attached hydrogens (tertiary/aromatic N) is 2. The third kappa shape index (κ3) is 3.15. The Morgan fingerprint density at radius 3 is 2.32 bits per heavy atom. The second-order valence-corrected chi connectivity index (χ2v) is 4.36. The van der Waals surface area contributed by atoms with Gasteiger partial charge in [-0.25, -0.2) is 4.99 Å². The first-order valence-corrected chi connectivity index (χ1v) is 5.98. The van der Waals surface area contributed by atoms with Crippen LogP contribution in [0.25, 0.3) is 0 Å². The van der Waals surface area contributed by atoms with Crippen molar-refractivity contribution in [3.63, 3.8) is 0 Å². The number of hydrogen-bond acceptors (Lipinski definition) is 6. The molecule has 1 unspecified atom stereocenters. The standard InChI is InChI=1S/C13H18N4O2/c1-18-10-4-8(5-11(6-10)19-2)3-9-7-16-13(15)17-12(9)14/h4-6,9H,3,7H2,1-2H3,(H4,14,15,16,17). The molecule has 0 fully saturated rings. The fraction of sp³-hybridized carbons (Fsp3) is 0.385. The Morgan fingerprint density at radius 1 is 1.16 bits per heavy atom. The lowest BCUT2D eigenvalue weighted by Crippen LogP contribution is -2.34. The lowest BCUT2D eigenvalue weighted by molar-refractivity contribution is 0.393. The maximum absolute atomic E-state index is 5.89. The van der Waals surface area contributed by atoms with Gasteiger partial charge in [0, 0.05) is 12.0 Å². The molecule has 102 valence electrons. The summed E-state index contributed by atoms with van der Waals surface area (Å²) in [5, 5.41) is 0. The van der Waals surface area contributed by atoms with Gasteiger partial charge in [-0.2, -0.15) is 0 Å². The van der Waals surface area contributed by atoms with Crippen molar-refractivity contribution >= 4 is 11.8 Å². The van der Waals surface area contributed by atoms with Crippen LogP contribution in [-0.4, -0.2) is 32.6 Å². The Morgan fingerprint density at radius 2 is 1.79 bits per heavy atom. The van der Waals surface area contributed by atoms with Gasteiger partial charge in [0.15, 0.2) is 0 Å². The summed E-state index contributed by atoms with van der Waals surface area (Å²) < 4.78 is 10.5. The third-order valence-electron chi connectivity index (χ3n) is 3.03. The molecule has 1 atom stereocenters. The monoisotopic (exact) mass is 262 g/mol. The Hall–Kier alpha value is -2.24. The minimum absolute atomic E-state index is 0.0594. The van der Waals surface area contributed by atoms with Crippen LogP contribution in [0.4, 0.5) is 0 Å². The van der Waals surface area contributed by atoms with Gasteiger partial charge in [0.2, 0.25) is 5.96 Å². The van der Waals surface area contributed by atoms with Crippen molar-refractivity contribution in [2.24, 2.45) is 27.4 Å². The summed E-state index contributed by atoms with van der Waals surface area (Å²) in [6.45, 7) is 0.556. The van der Waals surface area contributed by atoms with Crippen molar-refractivity contribution in [2.75, 3.05) is 20.8 Å². The highest BCUT2D eigenvalue weighted by molar-refractivity contribution is 5.97. The molecule has 0 saturated carbocycles. The molecule has 1 aliphatic rings. The molecule has 0 saturated heterocycles. The summed E-state index contributed by atoms with van der Waals surface area (Å²) in [5.41, 5.74) is 12.5.